The number of amides is 1. The zero-order valence-electron chi connectivity index (χ0n) is 11.6. The molecule has 2 heterocycles. The fourth-order valence-corrected chi connectivity index (χ4v) is 4.01. The number of nitrogens with zero attached hydrogens (tertiary/aromatic N) is 1. The summed E-state index contributed by atoms with van der Waals surface area (Å²) in [6.07, 6.45) is 4.94. The van der Waals surface area contributed by atoms with Crippen LogP contribution in [0.15, 0.2) is 11.6 Å². The number of carboxylic acids is 1. The molecule has 1 saturated carbocycles. The van der Waals surface area contributed by atoms with Crippen molar-refractivity contribution < 1.29 is 19.4 Å². The molecule has 1 aromatic rings. The first-order chi connectivity index (χ1) is 10.1. The van der Waals surface area contributed by atoms with Crippen LogP contribution in [0, 0.1) is 0 Å². The maximum absolute atomic E-state index is 12.4. The number of nitrogens with one attached hydrogen (secondary N) is 1. The van der Waals surface area contributed by atoms with Gasteiger partial charge in [0.2, 0.25) is 5.91 Å². The molecular weight excluding hydrogens is 292 g/mol. The summed E-state index contributed by atoms with van der Waals surface area (Å²) in [6, 6.07) is 0. The first-order valence-electron chi connectivity index (χ1n) is 7.21. The Bertz CT molecular complexity index is 525. The Morgan fingerprint density at radius 3 is 2.62 bits per heavy atom. The highest BCUT2D eigenvalue weighted by atomic mass is 32.1. The molecule has 114 valence electrons. The number of thiazole rings is 1. The Kier molecular flexibility index (Phi) is 3.95. The molecule has 1 saturated heterocycles. The van der Waals surface area contributed by atoms with Gasteiger partial charge in [0.15, 0.2) is 6.10 Å². The van der Waals surface area contributed by atoms with E-state index in [0.29, 0.717) is 12.8 Å². The minimum absolute atomic E-state index is 0.212. The number of aliphatic carboxylic acids is 1. The van der Waals surface area contributed by atoms with E-state index >= 15 is 0 Å². The summed E-state index contributed by atoms with van der Waals surface area (Å²) >= 11 is 1.55. The Morgan fingerprint density at radius 1 is 1.33 bits per heavy atom. The van der Waals surface area contributed by atoms with E-state index in [0.717, 1.165) is 30.7 Å². The van der Waals surface area contributed by atoms with Crippen LogP contribution in [0.25, 0.3) is 0 Å². The SMILES string of the molecule is O=C(NC1(c2nccs2)CCCC1)[C@@H]1CC[C@H](C(=O)O)O1. The van der Waals surface area contributed by atoms with Crippen molar-refractivity contribution in [3.63, 3.8) is 0 Å². The van der Waals surface area contributed by atoms with E-state index in [1.165, 1.54) is 0 Å². The first kappa shape index (κ1) is 14.5. The van der Waals surface area contributed by atoms with E-state index < -0.39 is 23.7 Å². The second-order valence-electron chi connectivity index (χ2n) is 5.64. The minimum atomic E-state index is -0.999. The molecule has 7 heteroatoms. The normalized spacial score (nSPS) is 27.6. The van der Waals surface area contributed by atoms with Gasteiger partial charge in [-0.2, -0.15) is 0 Å². The maximum atomic E-state index is 12.4. The Balaban J connectivity index is 1.70. The quantitative estimate of drug-likeness (QED) is 0.883. The average molecular weight is 310 g/mol. The molecular formula is C14H18N2O4S. The second kappa shape index (κ2) is 5.73. The van der Waals surface area contributed by atoms with E-state index in [4.69, 9.17) is 9.84 Å². The van der Waals surface area contributed by atoms with Crippen molar-refractivity contribution >= 4 is 23.2 Å². The Labute approximate surface area is 126 Å². The van der Waals surface area contributed by atoms with E-state index in [9.17, 15) is 9.59 Å². The van der Waals surface area contributed by atoms with Crippen LogP contribution in [0.1, 0.15) is 43.5 Å². The summed E-state index contributed by atoms with van der Waals surface area (Å²) < 4.78 is 5.33. The molecule has 1 aromatic heterocycles. The largest absolute Gasteiger partial charge is 0.479 e. The minimum Gasteiger partial charge on any atom is -0.479 e. The van der Waals surface area contributed by atoms with Gasteiger partial charge in [-0.1, -0.05) is 12.8 Å². The summed E-state index contributed by atoms with van der Waals surface area (Å²) in [7, 11) is 0. The standard InChI is InChI=1S/C14H18N2O4S/c17-11(9-3-4-10(20-9)12(18)19)16-14(5-1-2-6-14)13-15-7-8-21-13/h7-10H,1-6H2,(H,16,17)(H,18,19)/t9-,10+/m0/s1. The summed E-state index contributed by atoms with van der Waals surface area (Å²) in [5, 5.41) is 14.9. The molecule has 2 aliphatic rings. The monoisotopic (exact) mass is 310 g/mol. The highest BCUT2D eigenvalue weighted by molar-refractivity contribution is 7.09. The first-order valence-corrected chi connectivity index (χ1v) is 8.09. The highest BCUT2D eigenvalue weighted by Gasteiger charge is 2.42. The lowest BCUT2D eigenvalue weighted by molar-refractivity contribution is -0.152. The molecule has 0 radical (unpaired) electrons. The fraction of sp³-hybridized carbons (Fsp3) is 0.643. The van der Waals surface area contributed by atoms with E-state index in [2.05, 4.69) is 10.3 Å². The fourth-order valence-electron chi connectivity index (χ4n) is 3.16. The number of hydrogen-bond acceptors (Lipinski definition) is 5. The third-order valence-corrected chi connectivity index (χ3v) is 5.23. The lowest BCUT2D eigenvalue weighted by atomic mass is 9.97. The van der Waals surface area contributed by atoms with Gasteiger partial charge in [0.25, 0.3) is 0 Å². The van der Waals surface area contributed by atoms with Gasteiger partial charge in [-0.25, -0.2) is 9.78 Å². The van der Waals surface area contributed by atoms with Crippen LogP contribution in [0.3, 0.4) is 0 Å². The molecule has 1 aliphatic heterocycles. The van der Waals surface area contributed by atoms with Crippen molar-refractivity contribution in [1.82, 2.24) is 10.3 Å². The number of carbonyl (C=O) groups is 2. The molecule has 0 unspecified atom stereocenters. The molecule has 2 N–H and O–H groups in total. The van der Waals surface area contributed by atoms with Crippen LogP contribution in [0.4, 0.5) is 0 Å². The van der Waals surface area contributed by atoms with Crippen molar-refractivity contribution in [3.05, 3.63) is 16.6 Å². The molecule has 21 heavy (non-hydrogen) atoms. The number of rotatable bonds is 4. The van der Waals surface area contributed by atoms with Gasteiger partial charge < -0.3 is 15.2 Å². The van der Waals surface area contributed by atoms with Crippen molar-refractivity contribution in [1.29, 1.82) is 0 Å². The van der Waals surface area contributed by atoms with Crippen molar-refractivity contribution in [2.24, 2.45) is 0 Å². The number of ether oxygens (including phenoxy) is 1. The van der Waals surface area contributed by atoms with Gasteiger partial charge in [-0.3, -0.25) is 4.79 Å². The van der Waals surface area contributed by atoms with Crippen LogP contribution >= 0.6 is 11.3 Å². The zero-order valence-corrected chi connectivity index (χ0v) is 12.4. The third-order valence-electron chi connectivity index (χ3n) is 4.25. The predicted molar refractivity (Wildman–Crippen MR) is 75.9 cm³/mol. The number of aromatic nitrogens is 1. The molecule has 3 rings (SSSR count). The van der Waals surface area contributed by atoms with Crippen molar-refractivity contribution in [2.75, 3.05) is 0 Å². The Hall–Kier alpha value is -1.47. The van der Waals surface area contributed by atoms with Gasteiger partial charge in [0.1, 0.15) is 11.1 Å². The zero-order chi connectivity index (χ0) is 14.9. The molecule has 1 amide bonds. The second-order valence-corrected chi connectivity index (χ2v) is 6.54. The van der Waals surface area contributed by atoms with Crippen LogP contribution in [0.5, 0.6) is 0 Å². The van der Waals surface area contributed by atoms with Gasteiger partial charge >= 0.3 is 5.97 Å². The van der Waals surface area contributed by atoms with Gasteiger partial charge in [0.05, 0.1) is 5.54 Å². The summed E-state index contributed by atoms with van der Waals surface area (Å²) in [5.74, 6) is -1.21. The molecule has 6 nitrogen and oxygen atoms in total. The lowest BCUT2D eigenvalue weighted by Gasteiger charge is -2.29. The van der Waals surface area contributed by atoms with Crippen LogP contribution < -0.4 is 5.32 Å². The molecule has 0 aromatic carbocycles. The molecule has 1 aliphatic carbocycles. The van der Waals surface area contributed by atoms with Gasteiger partial charge in [-0.15, -0.1) is 11.3 Å². The summed E-state index contributed by atoms with van der Waals surface area (Å²) in [4.78, 5) is 27.7. The van der Waals surface area contributed by atoms with E-state index in [-0.39, 0.29) is 5.91 Å². The van der Waals surface area contributed by atoms with Crippen molar-refractivity contribution in [3.8, 4) is 0 Å². The molecule has 2 atom stereocenters. The number of carbonyl (C=O) groups excluding carboxylic acids is 1. The maximum Gasteiger partial charge on any atom is 0.332 e. The van der Waals surface area contributed by atoms with Crippen LogP contribution in [-0.2, 0) is 19.9 Å². The average Bonchev–Trinajstić information content (AvgIpc) is 3.20. The molecule has 0 bridgehead atoms. The van der Waals surface area contributed by atoms with E-state index in [1.807, 2.05) is 5.38 Å². The number of carboxylic acid groups (broad SMARTS) is 1. The molecule has 0 spiro atoms. The highest BCUT2D eigenvalue weighted by Crippen LogP contribution is 2.40. The Morgan fingerprint density at radius 2 is 2.05 bits per heavy atom. The molecule has 2 fully saturated rings. The third kappa shape index (κ3) is 2.80. The summed E-state index contributed by atoms with van der Waals surface area (Å²) in [5.41, 5.74) is -0.393. The van der Waals surface area contributed by atoms with Crippen LogP contribution in [0.2, 0.25) is 0 Å². The smallest absolute Gasteiger partial charge is 0.332 e. The van der Waals surface area contributed by atoms with Crippen molar-refractivity contribution in [2.45, 2.75) is 56.3 Å². The summed E-state index contributed by atoms with van der Waals surface area (Å²) in [6.45, 7) is 0. The topological polar surface area (TPSA) is 88.5 Å². The number of hydrogen-bond donors (Lipinski definition) is 2. The van der Waals surface area contributed by atoms with E-state index in [1.54, 1.807) is 17.5 Å². The van der Waals surface area contributed by atoms with Gasteiger partial charge in [0, 0.05) is 11.6 Å². The van der Waals surface area contributed by atoms with Gasteiger partial charge in [-0.05, 0) is 25.7 Å². The predicted octanol–water partition coefficient (Wildman–Crippen LogP) is 1.66. The van der Waals surface area contributed by atoms with Crippen LogP contribution in [-0.4, -0.2) is 34.2 Å². The lowest BCUT2D eigenvalue weighted by Crippen LogP contribution is -2.48.